The maximum absolute atomic E-state index is 5.87. The largest absolute Gasteiger partial charge is 0.376 e. The quantitative estimate of drug-likeness (QED) is 0.817. The van der Waals surface area contributed by atoms with Crippen LogP contribution in [0.25, 0.3) is 0 Å². The van der Waals surface area contributed by atoms with Gasteiger partial charge in [0.15, 0.2) is 5.15 Å². The Morgan fingerprint density at radius 1 is 1.36 bits per heavy atom. The summed E-state index contributed by atoms with van der Waals surface area (Å²) < 4.78 is 0. The van der Waals surface area contributed by atoms with E-state index in [0.29, 0.717) is 11.7 Å². The number of aromatic nitrogens is 2. The lowest BCUT2D eigenvalue weighted by molar-refractivity contribution is 1.10. The molecule has 0 aromatic carbocycles. The van der Waals surface area contributed by atoms with Crippen molar-refractivity contribution in [3.8, 4) is 0 Å². The van der Waals surface area contributed by atoms with Crippen LogP contribution in [0.4, 0.5) is 5.69 Å². The number of thiazole rings is 1. The molecule has 0 unspecified atom stereocenters. The zero-order valence-electron chi connectivity index (χ0n) is 7.27. The Bertz CT molecular complexity index is 402. The van der Waals surface area contributed by atoms with Gasteiger partial charge in [-0.15, -0.1) is 11.3 Å². The van der Waals surface area contributed by atoms with Gasteiger partial charge in [-0.25, -0.2) is 9.97 Å². The van der Waals surface area contributed by atoms with Crippen LogP contribution < -0.4 is 5.32 Å². The van der Waals surface area contributed by atoms with Crippen molar-refractivity contribution >= 4 is 28.6 Å². The first-order valence-corrected chi connectivity index (χ1v) is 5.35. The highest BCUT2D eigenvalue weighted by Gasteiger charge is 2.00. The van der Waals surface area contributed by atoms with Gasteiger partial charge in [0.05, 0.1) is 12.2 Å². The number of nitrogens with zero attached hydrogens (tertiary/aromatic N) is 2. The molecule has 0 saturated carbocycles. The summed E-state index contributed by atoms with van der Waals surface area (Å²) in [5.41, 5.74) is 0.837. The van der Waals surface area contributed by atoms with Gasteiger partial charge in [0.25, 0.3) is 0 Å². The summed E-state index contributed by atoms with van der Waals surface area (Å²) in [5.74, 6) is 0. The van der Waals surface area contributed by atoms with Crippen molar-refractivity contribution in [2.75, 3.05) is 5.32 Å². The van der Waals surface area contributed by atoms with Crippen LogP contribution in [0, 0.1) is 0 Å². The first-order valence-electron chi connectivity index (χ1n) is 4.09. The summed E-state index contributed by atoms with van der Waals surface area (Å²) >= 11 is 7.48. The van der Waals surface area contributed by atoms with Crippen LogP contribution in [0.15, 0.2) is 29.9 Å². The first-order chi connectivity index (χ1) is 6.86. The Morgan fingerprint density at radius 2 is 2.29 bits per heavy atom. The van der Waals surface area contributed by atoms with Crippen molar-refractivity contribution in [2.45, 2.75) is 6.54 Å². The van der Waals surface area contributed by atoms with E-state index in [0.717, 1.165) is 10.7 Å². The SMILES string of the molecule is Clc1ncccc1NCc1nccs1. The number of hydrogen-bond acceptors (Lipinski definition) is 4. The topological polar surface area (TPSA) is 37.8 Å². The van der Waals surface area contributed by atoms with Gasteiger partial charge in [0, 0.05) is 17.8 Å². The second kappa shape index (κ2) is 4.39. The van der Waals surface area contributed by atoms with Gasteiger partial charge >= 0.3 is 0 Å². The van der Waals surface area contributed by atoms with E-state index in [-0.39, 0.29) is 0 Å². The van der Waals surface area contributed by atoms with Gasteiger partial charge in [-0.3, -0.25) is 0 Å². The molecule has 0 saturated heterocycles. The van der Waals surface area contributed by atoms with Gasteiger partial charge in [-0.1, -0.05) is 11.6 Å². The molecule has 5 heteroatoms. The molecule has 72 valence electrons. The molecule has 0 radical (unpaired) electrons. The number of nitrogens with one attached hydrogen (secondary N) is 1. The van der Waals surface area contributed by atoms with Gasteiger partial charge in [0.1, 0.15) is 5.01 Å². The number of halogens is 1. The summed E-state index contributed by atoms with van der Waals surface area (Å²) in [4.78, 5) is 8.12. The molecule has 0 spiro atoms. The lowest BCUT2D eigenvalue weighted by Crippen LogP contribution is -1.99. The van der Waals surface area contributed by atoms with E-state index in [1.165, 1.54) is 0 Å². The number of hydrogen-bond donors (Lipinski definition) is 1. The van der Waals surface area contributed by atoms with Gasteiger partial charge < -0.3 is 5.32 Å². The Hall–Kier alpha value is -1.13. The van der Waals surface area contributed by atoms with Crippen molar-refractivity contribution in [1.82, 2.24) is 9.97 Å². The van der Waals surface area contributed by atoms with Crippen LogP contribution in [-0.4, -0.2) is 9.97 Å². The van der Waals surface area contributed by atoms with Crippen molar-refractivity contribution in [3.63, 3.8) is 0 Å². The summed E-state index contributed by atoms with van der Waals surface area (Å²) in [5, 5.41) is 6.64. The predicted molar refractivity (Wildman–Crippen MR) is 58.7 cm³/mol. The Kier molecular flexibility index (Phi) is 2.96. The molecular formula is C9H8ClN3S. The molecule has 0 bridgehead atoms. The monoisotopic (exact) mass is 225 g/mol. The smallest absolute Gasteiger partial charge is 0.152 e. The van der Waals surface area contributed by atoms with Gasteiger partial charge in [0.2, 0.25) is 0 Å². The second-order valence-corrected chi connectivity index (χ2v) is 3.96. The normalized spacial score (nSPS) is 10.1. The van der Waals surface area contributed by atoms with E-state index in [9.17, 15) is 0 Å². The molecule has 1 N–H and O–H groups in total. The van der Waals surface area contributed by atoms with Gasteiger partial charge in [-0.2, -0.15) is 0 Å². The minimum absolute atomic E-state index is 0.490. The molecule has 2 aromatic heterocycles. The predicted octanol–water partition coefficient (Wildman–Crippen LogP) is 2.80. The molecule has 0 fully saturated rings. The molecule has 0 aliphatic carbocycles. The Balaban J connectivity index is 2.02. The van der Waals surface area contributed by atoms with Crippen LogP contribution in [0.2, 0.25) is 5.15 Å². The third kappa shape index (κ3) is 2.21. The fourth-order valence-corrected chi connectivity index (χ4v) is 1.77. The minimum atomic E-state index is 0.490. The van der Waals surface area contributed by atoms with E-state index in [4.69, 9.17) is 11.6 Å². The molecule has 0 amide bonds. The minimum Gasteiger partial charge on any atom is -0.376 e. The molecule has 2 rings (SSSR count). The van der Waals surface area contributed by atoms with E-state index >= 15 is 0 Å². The molecular weight excluding hydrogens is 218 g/mol. The summed E-state index contributed by atoms with van der Waals surface area (Å²) in [6, 6.07) is 3.74. The van der Waals surface area contributed by atoms with Crippen molar-refractivity contribution in [2.24, 2.45) is 0 Å². The maximum Gasteiger partial charge on any atom is 0.152 e. The number of pyridine rings is 1. The molecule has 14 heavy (non-hydrogen) atoms. The summed E-state index contributed by atoms with van der Waals surface area (Å²) in [6.45, 7) is 0.684. The molecule has 2 heterocycles. The summed E-state index contributed by atoms with van der Waals surface area (Å²) in [7, 11) is 0. The van der Waals surface area contributed by atoms with Gasteiger partial charge in [-0.05, 0) is 12.1 Å². The molecule has 0 atom stereocenters. The lowest BCUT2D eigenvalue weighted by atomic mass is 10.4. The zero-order chi connectivity index (χ0) is 9.80. The highest BCUT2D eigenvalue weighted by Crippen LogP contribution is 2.18. The summed E-state index contributed by atoms with van der Waals surface area (Å²) in [6.07, 6.45) is 3.45. The van der Waals surface area contributed by atoms with Crippen LogP contribution in [0.5, 0.6) is 0 Å². The van der Waals surface area contributed by atoms with Crippen LogP contribution in [-0.2, 0) is 6.54 Å². The van der Waals surface area contributed by atoms with Crippen molar-refractivity contribution in [3.05, 3.63) is 40.1 Å². The fourth-order valence-electron chi connectivity index (χ4n) is 1.03. The van der Waals surface area contributed by atoms with E-state index in [2.05, 4.69) is 15.3 Å². The average molecular weight is 226 g/mol. The molecule has 3 nitrogen and oxygen atoms in total. The van der Waals surface area contributed by atoms with Crippen LogP contribution in [0.3, 0.4) is 0 Å². The number of anilines is 1. The van der Waals surface area contributed by atoms with E-state index < -0.39 is 0 Å². The zero-order valence-corrected chi connectivity index (χ0v) is 8.85. The third-order valence-corrected chi connectivity index (χ3v) is 2.75. The van der Waals surface area contributed by atoms with Crippen LogP contribution >= 0.6 is 22.9 Å². The molecule has 2 aromatic rings. The average Bonchev–Trinajstić information content (AvgIpc) is 2.69. The Labute approximate surface area is 90.8 Å². The fraction of sp³-hybridized carbons (Fsp3) is 0.111. The van der Waals surface area contributed by atoms with Crippen molar-refractivity contribution in [1.29, 1.82) is 0 Å². The third-order valence-electron chi connectivity index (χ3n) is 1.67. The highest BCUT2D eigenvalue weighted by molar-refractivity contribution is 7.09. The standard InChI is InChI=1S/C9H8ClN3S/c10-9-7(2-1-3-12-9)13-6-8-11-4-5-14-8/h1-5,13H,6H2. The maximum atomic E-state index is 5.87. The van der Waals surface area contributed by atoms with E-state index in [1.807, 2.05) is 17.5 Å². The number of rotatable bonds is 3. The highest BCUT2D eigenvalue weighted by atomic mass is 35.5. The molecule has 0 aliphatic heterocycles. The first kappa shape index (κ1) is 9.43. The second-order valence-electron chi connectivity index (χ2n) is 2.62. The molecule has 0 aliphatic rings. The lowest BCUT2D eigenvalue weighted by Gasteiger charge is -2.04. The van der Waals surface area contributed by atoms with E-state index in [1.54, 1.807) is 23.7 Å². The Morgan fingerprint density at radius 3 is 3.00 bits per heavy atom. The van der Waals surface area contributed by atoms with Crippen LogP contribution in [0.1, 0.15) is 5.01 Å². The van der Waals surface area contributed by atoms with Crippen molar-refractivity contribution < 1.29 is 0 Å².